The van der Waals surface area contributed by atoms with Gasteiger partial charge in [0.1, 0.15) is 5.82 Å². The molecule has 90 valence electrons. The van der Waals surface area contributed by atoms with Gasteiger partial charge in [-0.05, 0) is 27.7 Å². The molecule has 0 amide bonds. The van der Waals surface area contributed by atoms with Gasteiger partial charge >= 0.3 is 0 Å². The third kappa shape index (κ3) is 2.82. The minimum atomic E-state index is -0.472. The van der Waals surface area contributed by atoms with Crippen LogP contribution in [0.2, 0.25) is 0 Å². The molecule has 3 N–H and O–H groups in total. The fraction of sp³-hybridized carbons (Fsp3) is 0.636. The number of anilines is 2. The molecule has 0 aromatic carbocycles. The summed E-state index contributed by atoms with van der Waals surface area (Å²) < 4.78 is 0. The van der Waals surface area contributed by atoms with Crippen LogP contribution in [-0.4, -0.2) is 33.8 Å². The lowest BCUT2D eigenvalue weighted by molar-refractivity contribution is 0.133. The fourth-order valence-corrected chi connectivity index (χ4v) is 1.10. The predicted molar refractivity (Wildman–Crippen MR) is 65.7 cm³/mol. The molecule has 0 aliphatic heterocycles. The van der Waals surface area contributed by atoms with Gasteiger partial charge < -0.3 is 15.7 Å². The van der Waals surface area contributed by atoms with Gasteiger partial charge in [0.25, 0.3) is 0 Å². The van der Waals surface area contributed by atoms with Crippen LogP contribution in [0, 0.1) is 6.92 Å². The SMILES string of the molecule is CNc1ncc(C)c(NC(C)(C)C(C)O)n1. The number of nitrogens with one attached hydrogen (secondary N) is 2. The summed E-state index contributed by atoms with van der Waals surface area (Å²) in [6, 6.07) is 0. The van der Waals surface area contributed by atoms with E-state index in [0.717, 1.165) is 11.4 Å². The van der Waals surface area contributed by atoms with Crippen molar-refractivity contribution >= 4 is 11.8 Å². The lowest BCUT2D eigenvalue weighted by Gasteiger charge is -2.30. The van der Waals surface area contributed by atoms with E-state index in [1.807, 2.05) is 20.8 Å². The van der Waals surface area contributed by atoms with Crippen LogP contribution in [0.1, 0.15) is 26.3 Å². The maximum Gasteiger partial charge on any atom is 0.224 e. The topological polar surface area (TPSA) is 70.1 Å². The second-order valence-corrected chi connectivity index (χ2v) is 4.50. The standard InChI is InChI=1S/C11H20N4O/c1-7-6-13-10(12-5)14-9(7)15-11(3,4)8(2)16/h6,8,16H,1-5H3,(H2,12,13,14,15). The number of nitrogens with zero attached hydrogens (tertiary/aromatic N) is 2. The zero-order valence-corrected chi connectivity index (χ0v) is 10.5. The molecule has 1 aromatic rings. The monoisotopic (exact) mass is 224 g/mol. The Labute approximate surface area is 96.3 Å². The average Bonchev–Trinajstić information content (AvgIpc) is 2.21. The first-order valence-electron chi connectivity index (χ1n) is 5.34. The molecule has 5 heteroatoms. The van der Waals surface area contributed by atoms with E-state index in [2.05, 4.69) is 20.6 Å². The highest BCUT2D eigenvalue weighted by Crippen LogP contribution is 2.20. The Morgan fingerprint density at radius 3 is 2.56 bits per heavy atom. The smallest absolute Gasteiger partial charge is 0.224 e. The molecule has 1 aromatic heterocycles. The molecule has 0 saturated heterocycles. The summed E-state index contributed by atoms with van der Waals surface area (Å²) in [7, 11) is 1.77. The Hall–Kier alpha value is -1.36. The largest absolute Gasteiger partial charge is 0.391 e. The Morgan fingerprint density at radius 2 is 2.06 bits per heavy atom. The van der Waals surface area contributed by atoms with Crippen LogP contribution < -0.4 is 10.6 Å². The summed E-state index contributed by atoms with van der Waals surface area (Å²) in [4.78, 5) is 8.42. The Bertz CT molecular complexity index is 363. The average molecular weight is 224 g/mol. The van der Waals surface area contributed by atoms with Crippen LogP contribution in [0.5, 0.6) is 0 Å². The summed E-state index contributed by atoms with van der Waals surface area (Å²) in [6.07, 6.45) is 1.28. The maximum absolute atomic E-state index is 9.64. The minimum Gasteiger partial charge on any atom is -0.391 e. The number of rotatable bonds is 4. The van der Waals surface area contributed by atoms with E-state index in [0.29, 0.717) is 5.95 Å². The van der Waals surface area contributed by atoms with Crippen molar-refractivity contribution in [3.05, 3.63) is 11.8 Å². The van der Waals surface area contributed by atoms with Crippen LogP contribution in [0.25, 0.3) is 0 Å². The highest BCUT2D eigenvalue weighted by atomic mass is 16.3. The van der Waals surface area contributed by atoms with Crippen LogP contribution >= 0.6 is 0 Å². The molecular formula is C11H20N4O. The van der Waals surface area contributed by atoms with Crippen LogP contribution in [-0.2, 0) is 0 Å². The molecule has 16 heavy (non-hydrogen) atoms. The van der Waals surface area contributed by atoms with Gasteiger partial charge in [-0.2, -0.15) is 4.98 Å². The lowest BCUT2D eigenvalue weighted by Crippen LogP contribution is -2.42. The molecule has 0 aliphatic carbocycles. The Kier molecular flexibility index (Phi) is 3.70. The number of hydrogen-bond acceptors (Lipinski definition) is 5. The first-order chi connectivity index (χ1) is 7.36. The Morgan fingerprint density at radius 1 is 1.44 bits per heavy atom. The van der Waals surface area contributed by atoms with Gasteiger partial charge in [0.15, 0.2) is 0 Å². The summed E-state index contributed by atoms with van der Waals surface area (Å²) in [5, 5.41) is 15.7. The summed E-state index contributed by atoms with van der Waals surface area (Å²) in [6.45, 7) is 7.54. The van der Waals surface area contributed by atoms with E-state index in [1.54, 1.807) is 20.2 Å². The summed E-state index contributed by atoms with van der Waals surface area (Å²) in [5.41, 5.74) is 0.525. The van der Waals surface area contributed by atoms with Gasteiger partial charge in [0.05, 0.1) is 11.6 Å². The molecule has 1 rings (SSSR count). The van der Waals surface area contributed by atoms with E-state index in [-0.39, 0.29) is 0 Å². The van der Waals surface area contributed by atoms with Crippen molar-refractivity contribution in [1.29, 1.82) is 0 Å². The molecule has 1 atom stereocenters. The molecule has 0 aliphatic rings. The van der Waals surface area contributed by atoms with Crippen LogP contribution in [0.4, 0.5) is 11.8 Å². The third-order valence-corrected chi connectivity index (χ3v) is 2.68. The molecule has 0 spiro atoms. The quantitative estimate of drug-likeness (QED) is 0.721. The van der Waals surface area contributed by atoms with Crippen molar-refractivity contribution in [2.75, 3.05) is 17.7 Å². The highest BCUT2D eigenvalue weighted by Gasteiger charge is 2.24. The number of aromatic nitrogens is 2. The highest BCUT2D eigenvalue weighted by molar-refractivity contribution is 5.48. The van der Waals surface area contributed by atoms with E-state index in [1.165, 1.54) is 0 Å². The zero-order chi connectivity index (χ0) is 12.3. The molecular weight excluding hydrogens is 204 g/mol. The normalized spacial score (nSPS) is 13.4. The van der Waals surface area contributed by atoms with Crippen molar-refractivity contribution in [2.24, 2.45) is 0 Å². The molecule has 0 radical (unpaired) electrons. The second kappa shape index (κ2) is 4.65. The maximum atomic E-state index is 9.64. The van der Waals surface area contributed by atoms with E-state index in [4.69, 9.17) is 0 Å². The fourth-order valence-electron chi connectivity index (χ4n) is 1.10. The van der Waals surface area contributed by atoms with E-state index in [9.17, 15) is 5.11 Å². The molecule has 0 fully saturated rings. The van der Waals surface area contributed by atoms with Crippen LogP contribution in [0.3, 0.4) is 0 Å². The van der Waals surface area contributed by atoms with Gasteiger partial charge in [-0.15, -0.1) is 0 Å². The van der Waals surface area contributed by atoms with Gasteiger partial charge in [0.2, 0.25) is 5.95 Å². The van der Waals surface area contributed by atoms with E-state index >= 15 is 0 Å². The van der Waals surface area contributed by atoms with Gasteiger partial charge in [-0.1, -0.05) is 0 Å². The molecule has 0 bridgehead atoms. The first kappa shape index (κ1) is 12.7. The number of aliphatic hydroxyl groups is 1. The van der Waals surface area contributed by atoms with Crippen molar-refractivity contribution < 1.29 is 5.11 Å². The summed E-state index contributed by atoms with van der Waals surface area (Å²) >= 11 is 0. The van der Waals surface area contributed by atoms with Crippen molar-refractivity contribution in [3.63, 3.8) is 0 Å². The van der Waals surface area contributed by atoms with Crippen molar-refractivity contribution in [2.45, 2.75) is 39.3 Å². The van der Waals surface area contributed by atoms with E-state index < -0.39 is 11.6 Å². The summed E-state index contributed by atoms with van der Waals surface area (Å²) in [5.74, 6) is 1.31. The van der Waals surface area contributed by atoms with Crippen molar-refractivity contribution in [3.8, 4) is 0 Å². The number of hydrogen-bond donors (Lipinski definition) is 3. The van der Waals surface area contributed by atoms with Crippen molar-refractivity contribution in [1.82, 2.24) is 9.97 Å². The molecule has 0 saturated carbocycles. The lowest BCUT2D eigenvalue weighted by atomic mass is 9.98. The number of aryl methyl sites for hydroxylation is 1. The second-order valence-electron chi connectivity index (χ2n) is 4.50. The number of aliphatic hydroxyl groups excluding tert-OH is 1. The third-order valence-electron chi connectivity index (χ3n) is 2.68. The van der Waals surface area contributed by atoms with Gasteiger partial charge in [-0.25, -0.2) is 4.98 Å². The molecule has 5 nitrogen and oxygen atoms in total. The van der Waals surface area contributed by atoms with Crippen LogP contribution in [0.15, 0.2) is 6.20 Å². The predicted octanol–water partition coefficient (Wildman–Crippen LogP) is 1.40. The molecule has 1 heterocycles. The zero-order valence-electron chi connectivity index (χ0n) is 10.5. The Balaban J connectivity index is 2.96. The minimum absolute atomic E-state index is 0.426. The van der Waals surface area contributed by atoms with Gasteiger partial charge in [0, 0.05) is 18.8 Å². The van der Waals surface area contributed by atoms with Gasteiger partial charge in [-0.3, -0.25) is 0 Å². The first-order valence-corrected chi connectivity index (χ1v) is 5.34. The molecule has 1 unspecified atom stereocenters.